The van der Waals surface area contributed by atoms with Crippen LogP contribution in [0.5, 0.6) is 0 Å². The number of likely N-dealkylation sites (N-methyl/N-ethyl adjacent to an activating group) is 1. The third kappa shape index (κ3) is 3.18. The first-order valence-corrected chi connectivity index (χ1v) is 5.13. The first-order chi connectivity index (χ1) is 7.19. The van der Waals surface area contributed by atoms with Crippen molar-refractivity contribution in [3.05, 3.63) is 23.4 Å². The number of methoxy groups -OCH3 is 1. The molecule has 0 aliphatic heterocycles. The molecule has 1 aromatic heterocycles. The largest absolute Gasteiger partial charge is 0.383 e. The van der Waals surface area contributed by atoms with Gasteiger partial charge in [-0.2, -0.15) is 0 Å². The van der Waals surface area contributed by atoms with Crippen molar-refractivity contribution in [2.24, 2.45) is 0 Å². The lowest BCUT2D eigenvalue weighted by molar-refractivity contribution is 0.168. The van der Waals surface area contributed by atoms with E-state index in [-0.39, 0.29) is 6.04 Å². The van der Waals surface area contributed by atoms with Crippen molar-refractivity contribution in [3.8, 4) is 0 Å². The van der Waals surface area contributed by atoms with Crippen LogP contribution in [0, 0.1) is 6.92 Å². The molecule has 15 heavy (non-hydrogen) atoms. The van der Waals surface area contributed by atoms with Crippen molar-refractivity contribution < 1.29 is 4.74 Å². The minimum atomic E-state index is 0.118. The summed E-state index contributed by atoms with van der Waals surface area (Å²) in [7, 11) is 1.68. The summed E-state index contributed by atoms with van der Waals surface area (Å²) in [5, 5.41) is 3.32. The van der Waals surface area contributed by atoms with Gasteiger partial charge in [-0.05, 0) is 25.1 Å². The molecule has 3 N–H and O–H groups in total. The molecule has 0 saturated heterocycles. The summed E-state index contributed by atoms with van der Waals surface area (Å²) in [6.45, 7) is 5.54. The van der Waals surface area contributed by atoms with Gasteiger partial charge in [-0.3, -0.25) is 0 Å². The third-order valence-electron chi connectivity index (χ3n) is 2.25. The third-order valence-corrected chi connectivity index (χ3v) is 2.25. The molecule has 0 fully saturated rings. The van der Waals surface area contributed by atoms with Gasteiger partial charge in [0.2, 0.25) is 0 Å². The molecule has 0 amide bonds. The number of pyridine rings is 1. The van der Waals surface area contributed by atoms with E-state index in [1.807, 2.05) is 6.92 Å². The van der Waals surface area contributed by atoms with Gasteiger partial charge in [0.15, 0.2) is 0 Å². The monoisotopic (exact) mass is 209 g/mol. The lowest BCUT2D eigenvalue weighted by Crippen LogP contribution is -2.26. The first-order valence-electron chi connectivity index (χ1n) is 5.13. The van der Waals surface area contributed by atoms with Gasteiger partial charge in [-0.15, -0.1) is 0 Å². The molecule has 0 aliphatic carbocycles. The number of hydrogen-bond acceptors (Lipinski definition) is 4. The van der Waals surface area contributed by atoms with Crippen LogP contribution in [-0.4, -0.2) is 25.2 Å². The van der Waals surface area contributed by atoms with Crippen LogP contribution in [0.2, 0.25) is 0 Å². The van der Waals surface area contributed by atoms with E-state index >= 15 is 0 Å². The normalized spacial score (nSPS) is 12.7. The maximum absolute atomic E-state index is 5.84. The number of rotatable bonds is 5. The Morgan fingerprint density at radius 3 is 2.93 bits per heavy atom. The lowest BCUT2D eigenvalue weighted by atomic mass is 10.1. The van der Waals surface area contributed by atoms with Gasteiger partial charge >= 0.3 is 0 Å². The highest BCUT2D eigenvalue weighted by Crippen LogP contribution is 2.19. The van der Waals surface area contributed by atoms with Crippen molar-refractivity contribution in [2.45, 2.75) is 19.9 Å². The van der Waals surface area contributed by atoms with Crippen LogP contribution in [0.15, 0.2) is 12.3 Å². The molecule has 84 valence electrons. The first kappa shape index (κ1) is 11.9. The zero-order valence-electron chi connectivity index (χ0n) is 9.58. The minimum absolute atomic E-state index is 0.118. The van der Waals surface area contributed by atoms with E-state index in [4.69, 9.17) is 10.5 Å². The summed E-state index contributed by atoms with van der Waals surface area (Å²) in [6.07, 6.45) is 1.77. The predicted molar refractivity (Wildman–Crippen MR) is 61.7 cm³/mol. The van der Waals surface area contributed by atoms with E-state index in [0.29, 0.717) is 12.4 Å². The van der Waals surface area contributed by atoms with Gasteiger partial charge in [-0.1, -0.05) is 6.92 Å². The molecular formula is C11H19N3O. The number of aromatic nitrogens is 1. The van der Waals surface area contributed by atoms with Crippen molar-refractivity contribution in [1.29, 1.82) is 0 Å². The SMILES string of the molecule is CCNC(COC)c1cc(C)cnc1N. The fourth-order valence-electron chi connectivity index (χ4n) is 1.55. The van der Waals surface area contributed by atoms with Gasteiger partial charge in [-0.25, -0.2) is 4.98 Å². The molecule has 0 bridgehead atoms. The highest BCUT2D eigenvalue weighted by molar-refractivity contribution is 5.43. The highest BCUT2D eigenvalue weighted by atomic mass is 16.5. The minimum Gasteiger partial charge on any atom is -0.383 e. The Labute approximate surface area is 90.8 Å². The van der Waals surface area contributed by atoms with Crippen LogP contribution in [-0.2, 0) is 4.74 Å². The zero-order chi connectivity index (χ0) is 11.3. The molecule has 0 saturated carbocycles. The molecule has 4 heteroatoms. The second-order valence-corrected chi connectivity index (χ2v) is 3.55. The standard InChI is InChI=1S/C11H19N3O/c1-4-13-10(7-15-3)9-5-8(2)6-14-11(9)12/h5-6,10,13H,4,7H2,1-3H3,(H2,12,14). The number of ether oxygens (including phenoxy) is 1. The molecule has 1 unspecified atom stereocenters. The maximum Gasteiger partial charge on any atom is 0.128 e. The van der Waals surface area contributed by atoms with Crippen molar-refractivity contribution >= 4 is 5.82 Å². The number of nitrogens with two attached hydrogens (primary N) is 1. The molecule has 0 aliphatic rings. The number of anilines is 1. The van der Waals surface area contributed by atoms with E-state index in [1.54, 1.807) is 13.3 Å². The Bertz CT molecular complexity index is 309. The fourth-order valence-corrected chi connectivity index (χ4v) is 1.55. The lowest BCUT2D eigenvalue weighted by Gasteiger charge is -2.18. The highest BCUT2D eigenvalue weighted by Gasteiger charge is 2.13. The summed E-state index contributed by atoms with van der Waals surface area (Å²) in [5.41, 5.74) is 7.97. The summed E-state index contributed by atoms with van der Waals surface area (Å²) in [6, 6.07) is 2.17. The molecule has 1 rings (SSSR count). The van der Waals surface area contributed by atoms with Crippen LogP contribution in [0.25, 0.3) is 0 Å². The molecule has 0 aromatic carbocycles. The average Bonchev–Trinajstić information content (AvgIpc) is 2.21. The topological polar surface area (TPSA) is 60.2 Å². The average molecular weight is 209 g/mol. The molecule has 0 spiro atoms. The van der Waals surface area contributed by atoms with Crippen LogP contribution in [0.4, 0.5) is 5.82 Å². The summed E-state index contributed by atoms with van der Waals surface area (Å²) in [5.74, 6) is 0.573. The molecular weight excluding hydrogens is 190 g/mol. The second-order valence-electron chi connectivity index (χ2n) is 3.55. The van der Waals surface area contributed by atoms with Gasteiger partial charge in [0.1, 0.15) is 5.82 Å². The van der Waals surface area contributed by atoms with Crippen LogP contribution in [0.1, 0.15) is 24.1 Å². The smallest absolute Gasteiger partial charge is 0.128 e. The molecule has 1 aromatic rings. The Morgan fingerprint density at radius 2 is 2.33 bits per heavy atom. The zero-order valence-corrected chi connectivity index (χ0v) is 9.58. The molecule has 1 atom stereocenters. The summed E-state index contributed by atoms with van der Waals surface area (Å²) in [4.78, 5) is 4.15. The summed E-state index contributed by atoms with van der Waals surface area (Å²) >= 11 is 0. The van der Waals surface area contributed by atoms with Crippen molar-refractivity contribution in [2.75, 3.05) is 26.0 Å². The Balaban J connectivity index is 2.93. The van der Waals surface area contributed by atoms with Crippen molar-refractivity contribution in [1.82, 2.24) is 10.3 Å². The van der Waals surface area contributed by atoms with Gasteiger partial charge in [0.25, 0.3) is 0 Å². The number of aryl methyl sites for hydroxylation is 1. The van der Waals surface area contributed by atoms with Crippen molar-refractivity contribution in [3.63, 3.8) is 0 Å². The van der Waals surface area contributed by atoms with Crippen LogP contribution >= 0.6 is 0 Å². The van der Waals surface area contributed by atoms with E-state index < -0.39 is 0 Å². The van der Waals surface area contributed by atoms with Crippen LogP contribution in [0.3, 0.4) is 0 Å². The second kappa shape index (κ2) is 5.68. The van der Waals surface area contributed by atoms with E-state index in [0.717, 1.165) is 17.7 Å². The summed E-state index contributed by atoms with van der Waals surface area (Å²) < 4.78 is 5.16. The number of nitrogens with one attached hydrogen (secondary N) is 1. The number of hydrogen-bond donors (Lipinski definition) is 2. The quantitative estimate of drug-likeness (QED) is 0.766. The van der Waals surface area contributed by atoms with Crippen LogP contribution < -0.4 is 11.1 Å². The van der Waals surface area contributed by atoms with E-state index in [9.17, 15) is 0 Å². The van der Waals surface area contributed by atoms with Gasteiger partial charge in [0.05, 0.1) is 12.6 Å². The molecule has 1 heterocycles. The number of nitrogen functional groups attached to an aromatic ring is 1. The van der Waals surface area contributed by atoms with E-state index in [1.165, 1.54) is 0 Å². The Kier molecular flexibility index (Phi) is 4.52. The Hall–Kier alpha value is -1.13. The molecule has 0 radical (unpaired) electrons. The Morgan fingerprint density at radius 1 is 1.60 bits per heavy atom. The number of nitrogens with zero attached hydrogens (tertiary/aromatic N) is 1. The predicted octanol–water partition coefficient (Wildman–Crippen LogP) is 1.27. The maximum atomic E-state index is 5.84. The fraction of sp³-hybridized carbons (Fsp3) is 0.545. The van der Waals surface area contributed by atoms with E-state index in [2.05, 4.69) is 23.3 Å². The van der Waals surface area contributed by atoms with Gasteiger partial charge in [0, 0.05) is 18.9 Å². The molecule has 4 nitrogen and oxygen atoms in total. The van der Waals surface area contributed by atoms with Gasteiger partial charge < -0.3 is 15.8 Å².